The molecule has 10 nitrogen and oxygen atoms in total. The first kappa shape index (κ1) is 27.6. The van der Waals surface area contributed by atoms with Crippen LogP contribution >= 0.6 is 0 Å². The fourth-order valence-electron chi connectivity index (χ4n) is 6.39. The summed E-state index contributed by atoms with van der Waals surface area (Å²) in [5, 5.41) is 12.9. The second-order valence-corrected chi connectivity index (χ2v) is 13.7. The molecule has 1 aromatic carbocycles. The largest absolute Gasteiger partial charge is 0.493 e. The molecule has 11 heteroatoms. The van der Waals surface area contributed by atoms with Crippen LogP contribution < -0.4 is 11.0 Å². The van der Waals surface area contributed by atoms with Gasteiger partial charge in [0.05, 0.1) is 18.5 Å². The molecule has 1 saturated carbocycles. The van der Waals surface area contributed by atoms with E-state index in [2.05, 4.69) is 17.2 Å². The van der Waals surface area contributed by atoms with E-state index in [1.54, 1.807) is 0 Å². The van der Waals surface area contributed by atoms with Crippen LogP contribution in [-0.4, -0.2) is 63.5 Å². The Hall–Kier alpha value is -2.92. The molecule has 3 heterocycles. The number of carbonyl (C=O) groups is 1. The number of hydrogen-bond donors (Lipinski definition) is 3. The number of amides is 1. The number of carbonyl (C=O) groups excluding carboxylic acids is 1. The minimum atomic E-state index is -3.51. The Balaban J connectivity index is 1.21. The first-order chi connectivity index (χ1) is 18.5. The maximum atomic E-state index is 13.3. The Morgan fingerprint density at radius 2 is 1.72 bits per heavy atom. The molecule has 5 rings (SSSR count). The third-order valence-electron chi connectivity index (χ3n) is 8.90. The van der Waals surface area contributed by atoms with Crippen molar-refractivity contribution in [3.63, 3.8) is 0 Å². The number of piperidine rings is 1. The molecule has 212 valence electrons. The van der Waals surface area contributed by atoms with Gasteiger partial charge in [-0.3, -0.25) is 14.4 Å². The highest BCUT2D eigenvalue weighted by molar-refractivity contribution is 7.89. The summed E-state index contributed by atoms with van der Waals surface area (Å²) in [5.41, 5.74) is 2.50. The summed E-state index contributed by atoms with van der Waals surface area (Å²) in [5.74, 6) is 1.62. The lowest BCUT2D eigenvalue weighted by Gasteiger charge is -2.34. The van der Waals surface area contributed by atoms with Gasteiger partial charge < -0.3 is 15.4 Å². The average Bonchev–Trinajstić information content (AvgIpc) is 3.37. The molecule has 2 fully saturated rings. The maximum absolute atomic E-state index is 13.3. The summed E-state index contributed by atoms with van der Waals surface area (Å²) in [6, 6.07) is 3.86. The van der Waals surface area contributed by atoms with Gasteiger partial charge in [-0.15, -0.1) is 0 Å². The number of imidazole rings is 1. The van der Waals surface area contributed by atoms with Crippen LogP contribution in [-0.2, 0) is 27.8 Å². The molecule has 1 saturated heterocycles. The second-order valence-electron chi connectivity index (χ2n) is 11.7. The molecule has 0 radical (unpaired) electrons. The van der Waals surface area contributed by atoms with E-state index in [0.29, 0.717) is 38.3 Å². The Labute approximate surface area is 229 Å². The molecule has 1 spiro atoms. The van der Waals surface area contributed by atoms with Gasteiger partial charge >= 0.3 is 5.69 Å². The summed E-state index contributed by atoms with van der Waals surface area (Å²) in [6.45, 7) is 6.94. The van der Waals surface area contributed by atoms with Gasteiger partial charge in [-0.25, -0.2) is 17.5 Å². The summed E-state index contributed by atoms with van der Waals surface area (Å²) < 4.78 is 29.3. The third-order valence-corrected chi connectivity index (χ3v) is 10.8. The van der Waals surface area contributed by atoms with E-state index in [9.17, 15) is 23.1 Å². The number of benzene rings is 1. The van der Waals surface area contributed by atoms with Crippen molar-refractivity contribution < 1.29 is 18.3 Å². The number of aromatic hydroxyl groups is 1. The van der Waals surface area contributed by atoms with Crippen molar-refractivity contribution in [1.29, 1.82) is 0 Å². The van der Waals surface area contributed by atoms with E-state index >= 15 is 0 Å². The van der Waals surface area contributed by atoms with Crippen molar-refractivity contribution in [1.82, 2.24) is 19.2 Å². The zero-order valence-electron chi connectivity index (χ0n) is 23.0. The fourth-order valence-corrected chi connectivity index (χ4v) is 7.85. The lowest BCUT2D eigenvalue weighted by atomic mass is 9.82. The van der Waals surface area contributed by atoms with Gasteiger partial charge in [0.2, 0.25) is 15.9 Å². The second kappa shape index (κ2) is 10.6. The van der Waals surface area contributed by atoms with E-state index in [0.717, 1.165) is 59.7 Å². The van der Waals surface area contributed by atoms with E-state index in [1.807, 2.05) is 26.0 Å². The molecular weight excluding hydrogens is 518 g/mol. The highest BCUT2D eigenvalue weighted by Gasteiger charge is 2.48. The van der Waals surface area contributed by atoms with Crippen molar-refractivity contribution >= 4 is 21.8 Å². The van der Waals surface area contributed by atoms with Crippen molar-refractivity contribution in [3.8, 4) is 5.88 Å². The van der Waals surface area contributed by atoms with Gasteiger partial charge in [0.1, 0.15) is 11.4 Å². The number of aromatic nitrogens is 2. The topological polar surface area (TPSA) is 137 Å². The van der Waals surface area contributed by atoms with Crippen LogP contribution in [0.5, 0.6) is 5.88 Å². The number of sulfonamides is 1. The maximum Gasteiger partial charge on any atom is 0.328 e. The number of H-pyrrole nitrogens is 1. The molecule has 1 aromatic heterocycles. The van der Waals surface area contributed by atoms with Crippen molar-refractivity contribution in [2.24, 2.45) is 16.8 Å². The zero-order valence-corrected chi connectivity index (χ0v) is 23.8. The zero-order chi connectivity index (χ0) is 27.9. The number of aliphatic imine (C=N–C) groups is 1. The van der Waals surface area contributed by atoms with Gasteiger partial charge in [0, 0.05) is 19.0 Å². The first-order valence-corrected chi connectivity index (χ1v) is 15.5. The predicted octanol–water partition coefficient (Wildman–Crippen LogP) is 2.61. The summed E-state index contributed by atoms with van der Waals surface area (Å²) in [7, 11) is -3.51. The van der Waals surface area contributed by atoms with Crippen molar-refractivity contribution in [2.45, 2.75) is 77.8 Å². The molecule has 1 amide bonds. The Kier molecular flexibility index (Phi) is 7.49. The number of hydrogen-bond acceptors (Lipinski definition) is 6. The van der Waals surface area contributed by atoms with Gasteiger partial charge in [-0.05, 0) is 74.1 Å². The van der Waals surface area contributed by atoms with E-state index in [-0.39, 0.29) is 29.8 Å². The van der Waals surface area contributed by atoms with Gasteiger partial charge in [-0.1, -0.05) is 31.9 Å². The highest BCUT2D eigenvalue weighted by atomic mass is 32.2. The lowest BCUT2D eigenvalue weighted by molar-refractivity contribution is -0.125. The van der Waals surface area contributed by atoms with Gasteiger partial charge in [-0.2, -0.15) is 0 Å². The van der Waals surface area contributed by atoms with Gasteiger partial charge in [0.15, 0.2) is 0 Å². The van der Waals surface area contributed by atoms with Gasteiger partial charge in [0.25, 0.3) is 5.91 Å². The fraction of sp³-hybridized carbons (Fsp3) is 0.607. The SMILES string of the molecule is Cc1cc(Cn2c(O)c[nH]c2=O)cc(C)c1CCS(=O)(=O)N1CCC2(CC1)N=C(C1CCC(C)CC1)NC2=O. The molecule has 0 unspecified atom stereocenters. The summed E-state index contributed by atoms with van der Waals surface area (Å²) in [6.07, 6.45) is 6.83. The molecule has 0 bridgehead atoms. The third kappa shape index (κ3) is 5.56. The molecule has 0 atom stereocenters. The number of aryl methyl sites for hydroxylation is 2. The molecule has 1 aliphatic carbocycles. The van der Waals surface area contributed by atoms with Crippen LogP contribution in [0.4, 0.5) is 0 Å². The Bertz CT molecular complexity index is 1420. The van der Waals surface area contributed by atoms with E-state index in [4.69, 9.17) is 4.99 Å². The molecule has 39 heavy (non-hydrogen) atoms. The van der Waals surface area contributed by atoms with Crippen LogP contribution in [0.15, 0.2) is 28.1 Å². The quantitative estimate of drug-likeness (QED) is 0.481. The Morgan fingerprint density at radius 1 is 1.08 bits per heavy atom. The number of rotatable bonds is 7. The first-order valence-electron chi connectivity index (χ1n) is 13.9. The molecule has 3 N–H and O–H groups in total. The smallest absolute Gasteiger partial charge is 0.328 e. The number of aromatic amines is 1. The predicted molar refractivity (Wildman–Crippen MR) is 149 cm³/mol. The van der Waals surface area contributed by atoms with Crippen molar-refractivity contribution in [2.75, 3.05) is 18.8 Å². The summed E-state index contributed by atoms with van der Waals surface area (Å²) >= 11 is 0. The van der Waals surface area contributed by atoms with Crippen molar-refractivity contribution in [3.05, 3.63) is 51.1 Å². The molecular formula is C28H39N5O5S. The minimum absolute atomic E-state index is 0.0138. The number of nitrogens with zero attached hydrogens (tertiary/aromatic N) is 3. The minimum Gasteiger partial charge on any atom is -0.493 e. The molecule has 3 aliphatic rings. The normalized spacial score (nSPS) is 23.7. The lowest BCUT2D eigenvalue weighted by Crippen LogP contribution is -2.51. The highest BCUT2D eigenvalue weighted by Crippen LogP contribution is 2.36. The van der Waals surface area contributed by atoms with E-state index < -0.39 is 15.6 Å². The standard InChI is InChI=1S/C28H39N5O5S/c1-18-4-6-22(7-5-18)25-30-26(35)28(31-25)9-11-32(12-10-28)39(37,38)13-8-23-19(2)14-21(15-20(23)3)17-33-24(34)16-29-27(33)36/h14-16,18,22,34H,4-13,17H2,1-3H3,(H,29,36)(H,30,31,35). The van der Waals surface area contributed by atoms with Crippen LogP contribution in [0.25, 0.3) is 0 Å². The van der Waals surface area contributed by atoms with E-state index in [1.165, 1.54) is 15.1 Å². The van der Waals surface area contributed by atoms with Crippen LogP contribution in [0.2, 0.25) is 0 Å². The van der Waals surface area contributed by atoms with Crippen LogP contribution in [0, 0.1) is 25.7 Å². The molecule has 2 aliphatic heterocycles. The monoisotopic (exact) mass is 557 g/mol. The average molecular weight is 558 g/mol. The van der Waals surface area contributed by atoms with Crippen LogP contribution in [0.3, 0.4) is 0 Å². The number of nitrogens with one attached hydrogen (secondary N) is 2. The Morgan fingerprint density at radius 3 is 2.31 bits per heavy atom. The number of amidine groups is 1. The molecule has 2 aromatic rings. The summed E-state index contributed by atoms with van der Waals surface area (Å²) in [4.78, 5) is 32.2. The van der Waals surface area contributed by atoms with Crippen LogP contribution in [0.1, 0.15) is 67.7 Å².